The molecule has 0 saturated carbocycles. The maximum Gasteiger partial charge on any atom is 0.333 e. The molecule has 1 aliphatic rings. The minimum absolute atomic E-state index is 0.150. The molecule has 0 aromatic carbocycles. The summed E-state index contributed by atoms with van der Waals surface area (Å²) in [6, 6.07) is 0. The van der Waals surface area contributed by atoms with Crippen LogP contribution in [-0.2, 0) is 14.1 Å². The molecule has 0 amide bonds. The molecule has 1 fully saturated rings. The van der Waals surface area contributed by atoms with E-state index in [9.17, 15) is 34.9 Å². The van der Waals surface area contributed by atoms with E-state index in [0.29, 0.717) is 0 Å². The van der Waals surface area contributed by atoms with Crippen molar-refractivity contribution in [3.63, 3.8) is 0 Å². The summed E-state index contributed by atoms with van der Waals surface area (Å²) >= 11 is 0. The van der Waals surface area contributed by atoms with Gasteiger partial charge < -0.3 is 45.2 Å². The molecule has 1 rings (SSSR count). The van der Waals surface area contributed by atoms with Crippen molar-refractivity contribution in [2.24, 2.45) is 0 Å². The van der Waals surface area contributed by atoms with Crippen LogP contribution in [0.5, 0.6) is 0 Å². The zero-order valence-corrected chi connectivity index (χ0v) is 13.5. The van der Waals surface area contributed by atoms with Gasteiger partial charge in [0.25, 0.3) is 0 Å². The number of ketones is 1. The van der Waals surface area contributed by atoms with Gasteiger partial charge in [-0.1, -0.05) is 0 Å². The molecule has 142 valence electrons. The standard InChI is InChI=1S/C12H23O11P/c13-3-8-11(18)12(19)10(17)7(23-8)2-1-5(14)9(16)6(15)4-24(20,21)22/h5,7-14,16-19H,1-4H2,(H2,20,21,22)/t5?,7?,8-,9?,10-,11?,12?/m1/s1. The Morgan fingerprint density at radius 1 is 1.04 bits per heavy atom. The van der Waals surface area contributed by atoms with Crippen LogP contribution in [0.25, 0.3) is 0 Å². The summed E-state index contributed by atoms with van der Waals surface area (Å²) in [4.78, 5) is 28.8. The van der Waals surface area contributed by atoms with Gasteiger partial charge in [0.1, 0.15) is 36.7 Å². The first-order valence-corrected chi connectivity index (χ1v) is 9.01. The highest BCUT2D eigenvalue weighted by Crippen LogP contribution is 2.34. The fourth-order valence-electron chi connectivity index (χ4n) is 2.42. The first-order chi connectivity index (χ1) is 11.0. The lowest BCUT2D eigenvalue weighted by atomic mass is 9.91. The van der Waals surface area contributed by atoms with Crippen molar-refractivity contribution >= 4 is 13.4 Å². The summed E-state index contributed by atoms with van der Waals surface area (Å²) < 4.78 is 15.9. The van der Waals surface area contributed by atoms with Crippen molar-refractivity contribution in [1.29, 1.82) is 0 Å². The van der Waals surface area contributed by atoms with E-state index in [0.717, 1.165) is 0 Å². The van der Waals surface area contributed by atoms with Crippen LogP contribution in [0, 0.1) is 0 Å². The second-order valence-electron chi connectivity index (χ2n) is 5.75. The molecule has 0 aromatic heterocycles. The Labute approximate surface area is 137 Å². The summed E-state index contributed by atoms with van der Waals surface area (Å²) in [7, 11) is -4.67. The molecular weight excluding hydrogens is 351 g/mol. The van der Waals surface area contributed by atoms with E-state index in [1.165, 1.54) is 0 Å². The molecule has 0 bridgehead atoms. The number of rotatable bonds is 8. The smallest absolute Gasteiger partial charge is 0.333 e. The molecule has 1 aliphatic heterocycles. The number of hydrogen-bond acceptors (Lipinski definition) is 9. The molecule has 1 saturated heterocycles. The number of aliphatic hydroxyl groups is 6. The van der Waals surface area contributed by atoms with Crippen LogP contribution in [0.4, 0.5) is 0 Å². The highest BCUT2D eigenvalue weighted by Gasteiger charge is 2.43. The number of hydrogen-bond donors (Lipinski definition) is 8. The summed E-state index contributed by atoms with van der Waals surface area (Å²) in [6.07, 6.45) is -12.2. The van der Waals surface area contributed by atoms with Gasteiger partial charge >= 0.3 is 7.60 Å². The predicted octanol–water partition coefficient (Wildman–Crippen LogP) is -3.92. The number of ether oxygens (including phenoxy) is 1. The van der Waals surface area contributed by atoms with E-state index in [1.54, 1.807) is 0 Å². The van der Waals surface area contributed by atoms with Crippen molar-refractivity contribution in [2.75, 3.05) is 12.8 Å². The number of aliphatic hydroxyl groups excluding tert-OH is 6. The minimum atomic E-state index is -4.67. The van der Waals surface area contributed by atoms with Gasteiger partial charge in [-0.2, -0.15) is 0 Å². The van der Waals surface area contributed by atoms with Crippen LogP contribution >= 0.6 is 7.60 Å². The lowest BCUT2D eigenvalue weighted by Crippen LogP contribution is -2.58. The third-order valence-corrected chi connectivity index (χ3v) is 4.52. The van der Waals surface area contributed by atoms with Crippen LogP contribution in [0.15, 0.2) is 0 Å². The Morgan fingerprint density at radius 3 is 2.08 bits per heavy atom. The maximum atomic E-state index is 11.4. The summed E-state index contributed by atoms with van der Waals surface area (Å²) in [5, 5.41) is 57.4. The van der Waals surface area contributed by atoms with Gasteiger partial charge in [-0.05, 0) is 12.8 Å². The van der Waals surface area contributed by atoms with Crippen molar-refractivity contribution < 1.29 is 54.5 Å². The number of carbonyl (C=O) groups excluding carboxylic acids is 1. The molecule has 5 unspecified atom stereocenters. The van der Waals surface area contributed by atoms with Gasteiger partial charge in [-0.15, -0.1) is 0 Å². The minimum Gasteiger partial charge on any atom is -0.394 e. The molecule has 12 heteroatoms. The van der Waals surface area contributed by atoms with Gasteiger partial charge in [0.2, 0.25) is 0 Å². The molecule has 11 nitrogen and oxygen atoms in total. The molecule has 0 radical (unpaired) electrons. The van der Waals surface area contributed by atoms with E-state index >= 15 is 0 Å². The molecule has 7 atom stereocenters. The monoisotopic (exact) mass is 374 g/mol. The zero-order valence-electron chi connectivity index (χ0n) is 12.6. The maximum absolute atomic E-state index is 11.4. The Bertz CT molecular complexity index is 464. The molecule has 24 heavy (non-hydrogen) atoms. The predicted molar refractivity (Wildman–Crippen MR) is 76.9 cm³/mol. The lowest BCUT2D eigenvalue weighted by Gasteiger charge is -2.40. The molecular formula is C12H23O11P. The van der Waals surface area contributed by atoms with Crippen molar-refractivity contribution in [3.05, 3.63) is 0 Å². The van der Waals surface area contributed by atoms with E-state index in [1.807, 2.05) is 0 Å². The van der Waals surface area contributed by atoms with Gasteiger partial charge in [0, 0.05) is 0 Å². The largest absolute Gasteiger partial charge is 0.394 e. The molecule has 0 aromatic rings. The molecule has 0 spiro atoms. The fraction of sp³-hybridized carbons (Fsp3) is 0.917. The molecule has 1 heterocycles. The number of carbonyl (C=O) groups is 1. The van der Waals surface area contributed by atoms with E-state index < -0.39 is 68.9 Å². The number of Topliss-reactive ketones (excluding diaryl/α,β-unsaturated/α-hetero) is 1. The quantitative estimate of drug-likeness (QED) is 0.193. The highest BCUT2D eigenvalue weighted by atomic mass is 31.2. The first-order valence-electron chi connectivity index (χ1n) is 7.22. The third kappa shape index (κ3) is 5.81. The Balaban J connectivity index is 2.57. The van der Waals surface area contributed by atoms with E-state index in [2.05, 4.69) is 0 Å². The summed E-state index contributed by atoms with van der Waals surface area (Å²) in [5.74, 6) is -1.23. The normalized spacial score (nSPS) is 33.9. The van der Waals surface area contributed by atoms with Crippen LogP contribution in [0.1, 0.15) is 12.8 Å². The van der Waals surface area contributed by atoms with Gasteiger partial charge in [0.05, 0.1) is 18.8 Å². The van der Waals surface area contributed by atoms with E-state index in [-0.39, 0.29) is 12.8 Å². The van der Waals surface area contributed by atoms with Crippen molar-refractivity contribution in [1.82, 2.24) is 0 Å². The van der Waals surface area contributed by atoms with Crippen molar-refractivity contribution in [2.45, 2.75) is 55.6 Å². The van der Waals surface area contributed by atoms with Crippen LogP contribution in [0.3, 0.4) is 0 Å². The highest BCUT2D eigenvalue weighted by molar-refractivity contribution is 7.52. The van der Waals surface area contributed by atoms with Crippen LogP contribution in [0.2, 0.25) is 0 Å². The van der Waals surface area contributed by atoms with Crippen molar-refractivity contribution in [3.8, 4) is 0 Å². The zero-order chi connectivity index (χ0) is 18.7. The second-order valence-corrected chi connectivity index (χ2v) is 7.39. The third-order valence-electron chi connectivity index (χ3n) is 3.79. The van der Waals surface area contributed by atoms with Gasteiger partial charge in [0.15, 0.2) is 5.78 Å². The Morgan fingerprint density at radius 2 is 1.58 bits per heavy atom. The molecule has 0 aliphatic carbocycles. The van der Waals surface area contributed by atoms with E-state index in [4.69, 9.17) is 19.6 Å². The second kappa shape index (κ2) is 8.77. The summed E-state index contributed by atoms with van der Waals surface area (Å²) in [6.45, 7) is -0.618. The topological polar surface area (TPSA) is 205 Å². The average molecular weight is 374 g/mol. The molecule has 8 N–H and O–H groups in total. The Hall–Kier alpha value is -0.460. The van der Waals surface area contributed by atoms with Crippen LogP contribution in [-0.4, -0.2) is 102 Å². The van der Waals surface area contributed by atoms with Gasteiger partial charge in [-0.25, -0.2) is 0 Å². The SMILES string of the molecule is O=C(CP(=O)(O)O)C(O)C(O)CCC1O[C@H](CO)C(O)C(O)[C@@H]1O. The average Bonchev–Trinajstić information content (AvgIpc) is 2.49. The lowest BCUT2D eigenvalue weighted by molar-refractivity contribution is -0.231. The van der Waals surface area contributed by atoms with Crippen LogP contribution < -0.4 is 0 Å². The Kier molecular flexibility index (Phi) is 7.88. The first kappa shape index (κ1) is 21.6. The fourth-order valence-corrected chi connectivity index (χ4v) is 3.01. The van der Waals surface area contributed by atoms with Gasteiger partial charge in [-0.3, -0.25) is 9.36 Å². The summed E-state index contributed by atoms with van der Waals surface area (Å²) in [5.41, 5.74) is 0.